The van der Waals surface area contributed by atoms with Gasteiger partial charge in [0.2, 0.25) is 29.5 Å². The summed E-state index contributed by atoms with van der Waals surface area (Å²) < 4.78 is 69.1. The van der Waals surface area contributed by atoms with Crippen LogP contribution in [0.15, 0.2) is 29.3 Å². The molecule has 4 atom stereocenters. The van der Waals surface area contributed by atoms with Crippen LogP contribution in [0.3, 0.4) is 0 Å². The second-order valence-electron chi connectivity index (χ2n) is 12.7. The van der Waals surface area contributed by atoms with Gasteiger partial charge in [-0.3, -0.25) is 33.8 Å². The van der Waals surface area contributed by atoms with Crippen LogP contribution in [0.1, 0.15) is 45.1 Å². The molecule has 1 aromatic rings. The minimum atomic E-state index is -5.08. The van der Waals surface area contributed by atoms with Gasteiger partial charge >= 0.3 is 30.3 Å². The van der Waals surface area contributed by atoms with Crippen molar-refractivity contribution in [3.05, 3.63) is 29.8 Å². The maximum Gasteiger partial charge on any atom is 0.490 e. The number of amides is 5. The lowest BCUT2D eigenvalue weighted by atomic mass is 9.99. The summed E-state index contributed by atoms with van der Waals surface area (Å²) >= 11 is 0. The Balaban J connectivity index is 0.00000211. The Hall–Kier alpha value is -6.41. The summed E-state index contributed by atoms with van der Waals surface area (Å²) in [5.74, 6) is -10.8. The topological polar surface area (TPSA) is 357 Å². The lowest BCUT2D eigenvalue weighted by Gasteiger charge is -2.27. The third-order valence-electron chi connectivity index (χ3n) is 7.38. The molecule has 27 heteroatoms. The van der Waals surface area contributed by atoms with E-state index in [1.165, 1.54) is 0 Å². The largest absolute Gasteiger partial charge is 0.494 e. The van der Waals surface area contributed by atoms with Crippen LogP contribution >= 0.6 is 0 Å². The van der Waals surface area contributed by atoms with Crippen molar-refractivity contribution in [3.8, 4) is 5.75 Å². The molecular weight excluding hydrogens is 828 g/mol. The molecular formula is C33H47F6N9O12. The Morgan fingerprint density at radius 2 is 1.30 bits per heavy atom. The lowest BCUT2D eigenvalue weighted by Crippen LogP contribution is -2.59. The predicted molar refractivity (Wildman–Crippen MR) is 194 cm³/mol. The first-order valence-corrected chi connectivity index (χ1v) is 17.5. The average molecular weight is 876 g/mol. The molecule has 14 N–H and O–H groups in total. The molecule has 60 heavy (non-hydrogen) atoms. The number of carboxylic acid groups (broad SMARTS) is 3. The number of nitrogens with one attached hydrogen (secondary N) is 5. The van der Waals surface area contributed by atoms with Crippen LogP contribution in [0.25, 0.3) is 0 Å². The van der Waals surface area contributed by atoms with E-state index in [9.17, 15) is 60.2 Å². The summed E-state index contributed by atoms with van der Waals surface area (Å²) in [7, 11) is 0. The average Bonchev–Trinajstić information content (AvgIpc) is 3.13. The van der Waals surface area contributed by atoms with Crippen LogP contribution in [0, 0.1) is 5.92 Å². The molecule has 0 aromatic heterocycles. The summed E-state index contributed by atoms with van der Waals surface area (Å²) in [6, 6.07) is 1.66. The van der Waals surface area contributed by atoms with Gasteiger partial charge in [0.15, 0.2) is 5.96 Å². The van der Waals surface area contributed by atoms with E-state index < -0.39 is 103 Å². The molecule has 1 fully saturated rings. The van der Waals surface area contributed by atoms with Crippen molar-refractivity contribution in [2.24, 2.45) is 28.1 Å². The van der Waals surface area contributed by atoms with E-state index in [4.69, 9.17) is 41.7 Å². The number of halogens is 6. The fourth-order valence-corrected chi connectivity index (χ4v) is 4.45. The van der Waals surface area contributed by atoms with Crippen LogP contribution < -0.4 is 48.5 Å². The number of nitrogens with zero attached hydrogens (tertiary/aromatic N) is 1. The molecule has 5 amide bonds. The highest BCUT2D eigenvalue weighted by atomic mass is 19.4. The fourth-order valence-electron chi connectivity index (χ4n) is 4.45. The maximum atomic E-state index is 13.6. The molecule has 1 aliphatic heterocycles. The van der Waals surface area contributed by atoms with Crippen LogP contribution in [0.2, 0.25) is 0 Å². The number of rotatable bonds is 13. The molecule has 1 aromatic carbocycles. The summed E-state index contributed by atoms with van der Waals surface area (Å²) in [5, 5.41) is 36.2. The number of carboxylic acids is 3. The molecule has 0 bridgehead atoms. The minimum Gasteiger partial charge on any atom is -0.494 e. The van der Waals surface area contributed by atoms with Gasteiger partial charge < -0.3 is 63.8 Å². The van der Waals surface area contributed by atoms with Crippen molar-refractivity contribution < 1.29 is 84.8 Å². The molecule has 1 unspecified atom stereocenters. The first kappa shape index (κ1) is 53.6. The number of carbonyl (C=O) groups is 8. The fraction of sp³-hybridized carbons (Fsp3) is 0.545. The zero-order valence-corrected chi connectivity index (χ0v) is 32.0. The van der Waals surface area contributed by atoms with Crippen molar-refractivity contribution >= 4 is 53.4 Å². The maximum absolute atomic E-state index is 13.6. The first-order valence-electron chi connectivity index (χ1n) is 17.5. The quantitative estimate of drug-likeness (QED) is 0.0464. The van der Waals surface area contributed by atoms with Gasteiger partial charge in [0.1, 0.15) is 29.9 Å². The van der Waals surface area contributed by atoms with E-state index in [1.807, 2.05) is 0 Å². The molecule has 1 aliphatic rings. The second kappa shape index (κ2) is 25.8. The number of hydrogen-bond acceptors (Lipinski definition) is 11. The monoisotopic (exact) mass is 875 g/mol. The number of ether oxygens (including phenoxy) is 1. The van der Waals surface area contributed by atoms with E-state index in [0.29, 0.717) is 37.3 Å². The van der Waals surface area contributed by atoms with Crippen molar-refractivity contribution in [2.45, 2.75) is 82.5 Å². The van der Waals surface area contributed by atoms with Gasteiger partial charge in [-0.2, -0.15) is 26.3 Å². The summed E-state index contributed by atoms with van der Waals surface area (Å²) in [6.07, 6.45) is -9.97. The van der Waals surface area contributed by atoms with E-state index in [0.717, 1.165) is 0 Å². The number of carbonyl (C=O) groups excluding carboxylic acids is 5. The standard InChI is InChI=1S/C29H45N9O8.2C2HF3O2/c1-16(2)24-28(45)37-20(13-17-6-8-18(9-7-17)46-12-4-10-30)27(44)36-21(14-23(40)41)25(42)34-15-22(39)35-19(26(43)38-24)5-3-11-33-29(31)32;2*3-2(4,5)1(6)7/h6-9,16,19-21,24H,3-5,10-15,30H2,1-2H3,(H,34,42)(H,35,39)(H,36,44)(H,37,45)(H,38,43)(H,40,41)(H4,31,32,33);2*(H,6,7)/t19?,20-,21-,24-;;/m1../s1. The Morgan fingerprint density at radius 3 is 1.77 bits per heavy atom. The van der Waals surface area contributed by atoms with Crippen molar-refractivity contribution in [2.75, 3.05) is 26.2 Å². The van der Waals surface area contributed by atoms with Crippen molar-refractivity contribution in [1.82, 2.24) is 26.6 Å². The molecule has 0 saturated carbocycles. The van der Waals surface area contributed by atoms with Crippen LogP contribution in [0.5, 0.6) is 5.75 Å². The molecule has 338 valence electrons. The Labute approximate surface area is 337 Å². The van der Waals surface area contributed by atoms with E-state index in [2.05, 4.69) is 31.6 Å². The predicted octanol–water partition coefficient (Wildman–Crippen LogP) is -1.52. The summed E-state index contributed by atoms with van der Waals surface area (Å²) in [4.78, 5) is 99.3. The smallest absolute Gasteiger partial charge is 0.490 e. The van der Waals surface area contributed by atoms with E-state index >= 15 is 0 Å². The van der Waals surface area contributed by atoms with Gasteiger partial charge in [0, 0.05) is 13.0 Å². The van der Waals surface area contributed by atoms with Gasteiger partial charge in [-0.25, -0.2) is 9.59 Å². The molecule has 0 spiro atoms. The SMILES string of the molecule is CC(C)[C@H]1NC(=O)C(CCCN=C(N)N)NC(=O)CNC(=O)[C@@H](CC(=O)O)NC(=O)[C@@H](Cc2ccc(OCCCN)cc2)NC1=O.O=C(O)C(F)(F)F.O=C(O)C(F)(F)F. The zero-order chi connectivity index (χ0) is 46.4. The Morgan fingerprint density at radius 1 is 0.783 bits per heavy atom. The van der Waals surface area contributed by atoms with Gasteiger partial charge in [0.05, 0.1) is 19.6 Å². The van der Waals surface area contributed by atoms with Gasteiger partial charge in [0.25, 0.3) is 0 Å². The Bertz CT molecular complexity index is 1630. The molecule has 0 radical (unpaired) electrons. The van der Waals surface area contributed by atoms with Crippen LogP contribution in [-0.4, -0.2) is 131 Å². The number of aliphatic carboxylic acids is 3. The summed E-state index contributed by atoms with van der Waals surface area (Å²) in [5.41, 5.74) is 16.8. The van der Waals surface area contributed by atoms with Crippen LogP contribution in [0.4, 0.5) is 26.3 Å². The molecule has 1 saturated heterocycles. The van der Waals surface area contributed by atoms with Gasteiger partial charge in [-0.15, -0.1) is 0 Å². The van der Waals surface area contributed by atoms with Gasteiger partial charge in [-0.1, -0.05) is 26.0 Å². The Kier molecular flexibility index (Phi) is 23.1. The number of nitrogens with two attached hydrogens (primary N) is 3. The van der Waals surface area contributed by atoms with E-state index in [-0.39, 0.29) is 25.3 Å². The highest BCUT2D eigenvalue weighted by molar-refractivity contribution is 5.98. The van der Waals surface area contributed by atoms with Crippen LogP contribution in [-0.2, 0) is 44.8 Å². The third kappa shape index (κ3) is 22.5. The summed E-state index contributed by atoms with van der Waals surface area (Å²) in [6.45, 7) is 3.82. The normalized spacial score (nSPS) is 19.1. The number of hydrogen-bond donors (Lipinski definition) is 11. The number of aliphatic imine (C=N–C) groups is 1. The highest BCUT2D eigenvalue weighted by Gasteiger charge is 2.39. The minimum absolute atomic E-state index is 0.0473. The number of alkyl halides is 6. The van der Waals surface area contributed by atoms with Gasteiger partial charge in [-0.05, 0) is 49.4 Å². The molecule has 0 aliphatic carbocycles. The lowest BCUT2D eigenvalue weighted by molar-refractivity contribution is -0.193. The first-order chi connectivity index (χ1) is 27.7. The third-order valence-corrected chi connectivity index (χ3v) is 7.38. The number of benzene rings is 1. The zero-order valence-electron chi connectivity index (χ0n) is 32.0. The molecule has 21 nitrogen and oxygen atoms in total. The highest BCUT2D eigenvalue weighted by Crippen LogP contribution is 2.16. The molecule has 1 heterocycles. The van der Waals surface area contributed by atoms with E-state index in [1.54, 1.807) is 38.1 Å². The molecule has 2 rings (SSSR count). The van der Waals surface area contributed by atoms with Crippen molar-refractivity contribution in [3.63, 3.8) is 0 Å². The van der Waals surface area contributed by atoms with Crippen molar-refractivity contribution in [1.29, 1.82) is 0 Å². The second-order valence-corrected chi connectivity index (χ2v) is 12.7. The number of guanidine groups is 1.